The van der Waals surface area contributed by atoms with Crippen molar-refractivity contribution in [2.45, 2.75) is 20.3 Å². The molecule has 0 bridgehead atoms. The highest BCUT2D eigenvalue weighted by molar-refractivity contribution is 5.79. The number of carbonyl (C=O) groups is 2. The fraction of sp³-hybridized carbons (Fsp3) is 0.556. The second-order valence-corrected chi connectivity index (χ2v) is 6.09. The summed E-state index contributed by atoms with van der Waals surface area (Å²) in [6.45, 7) is 7.76. The van der Waals surface area contributed by atoms with Crippen molar-refractivity contribution in [2.24, 2.45) is 0 Å². The molecule has 1 aliphatic heterocycles. The van der Waals surface area contributed by atoms with Gasteiger partial charge in [-0.05, 0) is 31.0 Å². The zero-order valence-electron chi connectivity index (χ0n) is 14.8. The molecule has 24 heavy (non-hydrogen) atoms. The quantitative estimate of drug-likeness (QED) is 0.837. The minimum atomic E-state index is 0.0454. The van der Waals surface area contributed by atoms with Crippen molar-refractivity contribution in [3.63, 3.8) is 0 Å². The van der Waals surface area contributed by atoms with E-state index in [-0.39, 0.29) is 11.8 Å². The average Bonchev–Trinajstić information content (AvgIpc) is 2.57. The summed E-state index contributed by atoms with van der Waals surface area (Å²) in [5.74, 6) is 0.981. The van der Waals surface area contributed by atoms with Crippen LogP contribution in [-0.4, -0.2) is 68.0 Å². The molecule has 6 nitrogen and oxygen atoms in total. The molecule has 132 valence electrons. The largest absolute Gasteiger partial charge is 0.496 e. The maximum Gasteiger partial charge on any atom is 0.234 e. The molecule has 1 heterocycles. The SMILES string of the molecule is CCNC(=O)CN1CCN(C(=O)Cc2ccc(C)c(OC)c2)CC1. The smallest absolute Gasteiger partial charge is 0.234 e. The van der Waals surface area contributed by atoms with Crippen molar-refractivity contribution in [1.82, 2.24) is 15.1 Å². The van der Waals surface area contributed by atoms with Gasteiger partial charge in [-0.1, -0.05) is 12.1 Å². The summed E-state index contributed by atoms with van der Waals surface area (Å²) in [6, 6.07) is 5.88. The Morgan fingerprint density at radius 1 is 1.21 bits per heavy atom. The number of piperazine rings is 1. The van der Waals surface area contributed by atoms with Crippen LogP contribution in [0.15, 0.2) is 18.2 Å². The average molecular weight is 333 g/mol. The molecule has 0 radical (unpaired) electrons. The molecule has 1 aromatic rings. The summed E-state index contributed by atoms with van der Waals surface area (Å²) >= 11 is 0. The number of nitrogens with zero attached hydrogens (tertiary/aromatic N) is 2. The normalized spacial score (nSPS) is 15.2. The Balaban J connectivity index is 1.83. The number of aryl methyl sites for hydroxylation is 1. The second-order valence-electron chi connectivity index (χ2n) is 6.09. The fourth-order valence-corrected chi connectivity index (χ4v) is 2.87. The number of rotatable bonds is 6. The lowest BCUT2D eigenvalue weighted by molar-refractivity contribution is -0.132. The Kier molecular flexibility index (Phi) is 6.61. The monoisotopic (exact) mass is 333 g/mol. The summed E-state index contributed by atoms with van der Waals surface area (Å²) in [5.41, 5.74) is 2.03. The van der Waals surface area contributed by atoms with E-state index in [0.29, 0.717) is 32.6 Å². The molecule has 2 rings (SSSR count). The number of hydrogen-bond donors (Lipinski definition) is 1. The predicted octanol–water partition coefficient (Wildman–Crippen LogP) is 0.826. The van der Waals surface area contributed by atoms with E-state index in [9.17, 15) is 9.59 Å². The van der Waals surface area contributed by atoms with Crippen LogP contribution in [0.3, 0.4) is 0 Å². The number of hydrogen-bond acceptors (Lipinski definition) is 4. The summed E-state index contributed by atoms with van der Waals surface area (Å²) in [5, 5.41) is 2.80. The van der Waals surface area contributed by atoms with Gasteiger partial charge < -0.3 is 15.0 Å². The first-order valence-electron chi connectivity index (χ1n) is 8.43. The molecule has 0 saturated carbocycles. The van der Waals surface area contributed by atoms with Gasteiger partial charge in [0.2, 0.25) is 11.8 Å². The van der Waals surface area contributed by atoms with Crippen LogP contribution >= 0.6 is 0 Å². The number of amides is 2. The zero-order chi connectivity index (χ0) is 17.5. The van der Waals surface area contributed by atoms with Crippen LogP contribution in [0.4, 0.5) is 0 Å². The predicted molar refractivity (Wildman–Crippen MR) is 93.1 cm³/mol. The molecule has 0 aliphatic carbocycles. The van der Waals surface area contributed by atoms with Gasteiger partial charge in [0, 0.05) is 32.7 Å². The molecule has 6 heteroatoms. The van der Waals surface area contributed by atoms with Crippen molar-refractivity contribution >= 4 is 11.8 Å². The lowest BCUT2D eigenvalue weighted by atomic mass is 10.1. The topological polar surface area (TPSA) is 61.9 Å². The number of carbonyl (C=O) groups excluding carboxylic acids is 2. The van der Waals surface area contributed by atoms with E-state index >= 15 is 0 Å². The first-order valence-corrected chi connectivity index (χ1v) is 8.43. The van der Waals surface area contributed by atoms with Gasteiger partial charge in [0.05, 0.1) is 20.1 Å². The van der Waals surface area contributed by atoms with Gasteiger partial charge in [-0.2, -0.15) is 0 Å². The van der Waals surface area contributed by atoms with Crippen molar-refractivity contribution in [1.29, 1.82) is 0 Å². The molecule has 0 spiro atoms. The second kappa shape index (κ2) is 8.68. The Morgan fingerprint density at radius 2 is 1.92 bits per heavy atom. The first kappa shape index (κ1) is 18.3. The lowest BCUT2D eigenvalue weighted by Crippen LogP contribution is -2.51. The third-order valence-electron chi connectivity index (χ3n) is 4.29. The molecule has 1 aliphatic rings. The highest BCUT2D eigenvalue weighted by Crippen LogP contribution is 2.19. The van der Waals surface area contributed by atoms with Crippen LogP contribution in [-0.2, 0) is 16.0 Å². The van der Waals surface area contributed by atoms with E-state index in [1.54, 1.807) is 7.11 Å². The summed E-state index contributed by atoms with van der Waals surface area (Å²) in [6.07, 6.45) is 0.382. The van der Waals surface area contributed by atoms with Crippen LogP contribution < -0.4 is 10.1 Å². The zero-order valence-corrected chi connectivity index (χ0v) is 14.8. The van der Waals surface area contributed by atoms with Gasteiger partial charge in [-0.3, -0.25) is 14.5 Å². The fourth-order valence-electron chi connectivity index (χ4n) is 2.87. The third kappa shape index (κ3) is 4.96. The minimum Gasteiger partial charge on any atom is -0.496 e. The maximum absolute atomic E-state index is 12.5. The lowest BCUT2D eigenvalue weighted by Gasteiger charge is -2.34. The molecule has 0 unspecified atom stereocenters. The number of nitrogens with one attached hydrogen (secondary N) is 1. The number of methoxy groups -OCH3 is 1. The number of likely N-dealkylation sites (N-methyl/N-ethyl adjacent to an activating group) is 1. The molecular weight excluding hydrogens is 306 g/mol. The van der Waals surface area contributed by atoms with Gasteiger partial charge in [0.15, 0.2) is 0 Å². The Morgan fingerprint density at radius 3 is 2.54 bits per heavy atom. The van der Waals surface area contributed by atoms with Gasteiger partial charge in [-0.15, -0.1) is 0 Å². The van der Waals surface area contributed by atoms with Crippen LogP contribution in [0.5, 0.6) is 5.75 Å². The minimum absolute atomic E-state index is 0.0454. The van der Waals surface area contributed by atoms with E-state index in [4.69, 9.17) is 4.74 Å². The van der Waals surface area contributed by atoms with E-state index in [0.717, 1.165) is 30.0 Å². The van der Waals surface area contributed by atoms with Crippen molar-refractivity contribution in [2.75, 3.05) is 46.4 Å². The van der Waals surface area contributed by atoms with Crippen molar-refractivity contribution in [3.05, 3.63) is 29.3 Å². The van der Waals surface area contributed by atoms with E-state index in [1.165, 1.54) is 0 Å². The highest BCUT2D eigenvalue weighted by atomic mass is 16.5. The van der Waals surface area contributed by atoms with E-state index < -0.39 is 0 Å². The molecule has 1 aromatic carbocycles. The summed E-state index contributed by atoms with van der Waals surface area (Å²) in [7, 11) is 1.64. The molecule has 1 N–H and O–H groups in total. The van der Waals surface area contributed by atoms with Crippen LogP contribution in [0, 0.1) is 6.92 Å². The van der Waals surface area contributed by atoms with Gasteiger partial charge >= 0.3 is 0 Å². The van der Waals surface area contributed by atoms with Crippen LogP contribution in [0.25, 0.3) is 0 Å². The highest BCUT2D eigenvalue weighted by Gasteiger charge is 2.22. The standard InChI is InChI=1S/C18H27N3O3/c1-4-19-17(22)13-20-7-9-21(10-8-20)18(23)12-15-6-5-14(2)16(11-15)24-3/h5-6,11H,4,7-10,12-13H2,1-3H3,(H,19,22). The molecule has 0 atom stereocenters. The van der Waals surface area contributed by atoms with Gasteiger partial charge in [0.25, 0.3) is 0 Å². The van der Waals surface area contributed by atoms with Gasteiger partial charge in [0.1, 0.15) is 5.75 Å². The van der Waals surface area contributed by atoms with E-state index in [2.05, 4.69) is 10.2 Å². The number of ether oxygens (including phenoxy) is 1. The summed E-state index contributed by atoms with van der Waals surface area (Å²) in [4.78, 5) is 28.0. The third-order valence-corrected chi connectivity index (χ3v) is 4.29. The summed E-state index contributed by atoms with van der Waals surface area (Å²) < 4.78 is 5.31. The maximum atomic E-state index is 12.5. The molecule has 0 aromatic heterocycles. The Hall–Kier alpha value is -2.08. The van der Waals surface area contributed by atoms with Crippen LogP contribution in [0.2, 0.25) is 0 Å². The van der Waals surface area contributed by atoms with Crippen LogP contribution in [0.1, 0.15) is 18.1 Å². The first-order chi connectivity index (χ1) is 11.5. The van der Waals surface area contributed by atoms with Crippen molar-refractivity contribution < 1.29 is 14.3 Å². The molecular formula is C18H27N3O3. The van der Waals surface area contributed by atoms with E-state index in [1.807, 2.05) is 36.9 Å². The Labute approximate surface area is 143 Å². The van der Waals surface area contributed by atoms with Gasteiger partial charge in [-0.25, -0.2) is 0 Å². The molecule has 1 saturated heterocycles. The number of benzene rings is 1. The Bertz CT molecular complexity index is 581. The molecule has 2 amide bonds. The molecule has 1 fully saturated rings. The van der Waals surface area contributed by atoms with Crippen molar-refractivity contribution in [3.8, 4) is 5.75 Å².